The fourth-order valence-electron chi connectivity index (χ4n) is 2.59. The summed E-state index contributed by atoms with van der Waals surface area (Å²) in [6.45, 7) is 2.06. The average molecular weight is 246 g/mol. The van der Waals surface area contributed by atoms with Gasteiger partial charge in [-0.2, -0.15) is 9.61 Å². The normalized spacial score (nSPS) is 24.3. The monoisotopic (exact) mass is 246 g/mol. The Balaban J connectivity index is 1.83. The highest BCUT2D eigenvalue weighted by atomic mass is 16.3. The molecule has 18 heavy (non-hydrogen) atoms. The summed E-state index contributed by atoms with van der Waals surface area (Å²) in [5, 5.41) is 17.3. The summed E-state index contributed by atoms with van der Waals surface area (Å²) in [5.41, 5.74) is 2.04. The van der Waals surface area contributed by atoms with E-state index in [0.717, 1.165) is 37.1 Å². The summed E-state index contributed by atoms with van der Waals surface area (Å²) in [6.07, 6.45) is 5.22. The van der Waals surface area contributed by atoms with Crippen LogP contribution >= 0.6 is 0 Å². The molecule has 1 aliphatic carbocycles. The number of anilines is 1. The predicted molar refractivity (Wildman–Crippen MR) is 69.6 cm³/mol. The Kier molecular flexibility index (Phi) is 2.91. The molecule has 96 valence electrons. The van der Waals surface area contributed by atoms with Gasteiger partial charge in [-0.25, -0.2) is 4.98 Å². The lowest BCUT2D eigenvalue weighted by atomic mass is 9.93. The molecule has 0 unspecified atom stereocenters. The van der Waals surface area contributed by atoms with E-state index >= 15 is 0 Å². The van der Waals surface area contributed by atoms with Crippen LogP contribution in [0, 0.1) is 6.92 Å². The van der Waals surface area contributed by atoms with Gasteiger partial charge in [-0.1, -0.05) is 0 Å². The van der Waals surface area contributed by atoms with Gasteiger partial charge in [0.05, 0.1) is 6.10 Å². The van der Waals surface area contributed by atoms with Gasteiger partial charge in [0, 0.05) is 6.04 Å². The van der Waals surface area contributed by atoms with E-state index in [-0.39, 0.29) is 6.10 Å². The molecule has 0 aliphatic heterocycles. The molecule has 1 fully saturated rings. The van der Waals surface area contributed by atoms with Crippen LogP contribution in [-0.2, 0) is 0 Å². The fraction of sp³-hybridized carbons (Fsp3) is 0.538. The molecule has 0 aromatic carbocycles. The highest BCUT2D eigenvalue weighted by Gasteiger charge is 2.20. The first-order valence-electron chi connectivity index (χ1n) is 6.47. The molecule has 0 spiro atoms. The number of aromatic nitrogens is 3. The summed E-state index contributed by atoms with van der Waals surface area (Å²) < 4.78 is 1.83. The first-order chi connectivity index (χ1) is 8.72. The van der Waals surface area contributed by atoms with Crippen LogP contribution in [0.15, 0.2) is 18.5 Å². The van der Waals surface area contributed by atoms with Gasteiger partial charge in [-0.15, -0.1) is 0 Å². The summed E-state index contributed by atoms with van der Waals surface area (Å²) >= 11 is 0. The average Bonchev–Trinajstić information content (AvgIpc) is 2.80. The van der Waals surface area contributed by atoms with Crippen LogP contribution in [-0.4, -0.2) is 31.9 Å². The topological polar surface area (TPSA) is 62.5 Å². The Bertz CT molecular complexity index is 543. The third-order valence-corrected chi connectivity index (χ3v) is 3.57. The Morgan fingerprint density at radius 2 is 2.06 bits per heavy atom. The fourth-order valence-corrected chi connectivity index (χ4v) is 2.59. The molecule has 0 saturated heterocycles. The van der Waals surface area contributed by atoms with Gasteiger partial charge >= 0.3 is 0 Å². The van der Waals surface area contributed by atoms with E-state index < -0.39 is 0 Å². The number of aliphatic hydroxyl groups is 1. The predicted octanol–water partition coefficient (Wildman–Crippen LogP) is 1.75. The highest BCUT2D eigenvalue weighted by molar-refractivity contribution is 5.51. The van der Waals surface area contributed by atoms with Crippen molar-refractivity contribution in [2.75, 3.05) is 5.32 Å². The Labute approximate surface area is 106 Å². The number of aryl methyl sites for hydroxylation is 1. The molecule has 5 nitrogen and oxygen atoms in total. The molecule has 3 rings (SSSR count). The zero-order chi connectivity index (χ0) is 12.5. The van der Waals surface area contributed by atoms with Crippen LogP contribution in [0.25, 0.3) is 5.65 Å². The lowest BCUT2D eigenvalue weighted by molar-refractivity contribution is 0.126. The van der Waals surface area contributed by atoms with Gasteiger partial charge < -0.3 is 10.4 Å². The van der Waals surface area contributed by atoms with E-state index in [9.17, 15) is 5.11 Å². The third-order valence-electron chi connectivity index (χ3n) is 3.57. The first kappa shape index (κ1) is 11.5. The largest absolute Gasteiger partial charge is 0.393 e. The molecule has 1 saturated carbocycles. The van der Waals surface area contributed by atoms with E-state index in [1.54, 1.807) is 6.33 Å². The molecule has 0 radical (unpaired) electrons. The number of fused-ring (bicyclic) bond motifs is 1. The van der Waals surface area contributed by atoms with Gasteiger partial charge in [-0.05, 0) is 50.3 Å². The molecular weight excluding hydrogens is 228 g/mol. The minimum atomic E-state index is -0.119. The number of pyridine rings is 1. The van der Waals surface area contributed by atoms with Crippen LogP contribution < -0.4 is 5.32 Å². The number of nitrogens with one attached hydrogen (secondary N) is 1. The maximum absolute atomic E-state index is 9.52. The summed E-state index contributed by atoms with van der Waals surface area (Å²) in [7, 11) is 0. The molecule has 2 aromatic rings. The van der Waals surface area contributed by atoms with Gasteiger partial charge in [0.25, 0.3) is 0 Å². The number of hydrogen-bond acceptors (Lipinski definition) is 4. The first-order valence-corrected chi connectivity index (χ1v) is 6.47. The number of aliphatic hydroxyl groups excluding tert-OH is 1. The third kappa shape index (κ3) is 2.18. The van der Waals surface area contributed by atoms with Crippen molar-refractivity contribution in [1.82, 2.24) is 14.6 Å². The van der Waals surface area contributed by atoms with Gasteiger partial charge in [0.2, 0.25) is 0 Å². The van der Waals surface area contributed by atoms with E-state index in [4.69, 9.17) is 0 Å². The van der Waals surface area contributed by atoms with E-state index in [0.29, 0.717) is 6.04 Å². The molecule has 1 aliphatic rings. The molecule has 5 heteroatoms. The molecule has 0 atom stereocenters. The quantitative estimate of drug-likeness (QED) is 0.847. The zero-order valence-electron chi connectivity index (χ0n) is 10.5. The van der Waals surface area contributed by atoms with Crippen LogP contribution in [0.5, 0.6) is 0 Å². The van der Waals surface area contributed by atoms with Crippen LogP contribution in [0.1, 0.15) is 31.2 Å². The minimum Gasteiger partial charge on any atom is -0.393 e. The van der Waals surface area contributed by atoms with Gasteiger partial charge in [-0.3, -0.25) is 0 Å². The Morgan fingerprint density at radius 1 is 1.28 bits per heavy atom. The van der Waals surface area contributed by atoms with Crippen molar-refractivity contribution in [2.45, 2.75) is 44.8 Å². The van der Waals surface area contributed by atoms with Crippen molar-refractivity contribution in [1.29, 1.82) is 0 Å². The van der Waals surface area contributed by atoms with Crippen molar-refractivity contribution in [3.63, 3.8) is 0 Å². The summed E-state index contributed by atoms with van der Waals surface area (Å²) in [4.78, 5) is 4.22. The minimum absolute atomic E-state index is 0.119. The second kappa shape index (κ2) is 4.57. The number of hydrogen-bond donors (Lipinski definition) is 2. The lowest BCUT2D eigenvalue weighted by Crippen LogP contribution is -2.29. The standard InChI is InChI=1S/C13H18N4O/c1-9-6-12-14-8-15-17(12)13(7-9)16-10-2-4-11(18)5-3-10/h6-8,10-11,16,18H,2-5H2,1H3. The van der Waals surface area contributed by atoms with Crippen LogP contribution in [0.3, 0.4) is 0 Å². The van der Waals surface area contributed by atoms with Crippen molar-refractivity contribution in [3.8, 4) is 0 Å². The van der Waals surface area contributed by atoms with E-state index in [1.165, 1.54) is 5.56 Å². The molecule has 2 heterocycles. The summed E-state index contributed by atoms with van der Waals surface area (Å²) in [6, 6.07) is 4.53. The number of nitrogens with zero attached hydrogens (tertiary/aromatic N) is 3. The second-order valence-electron chi connectivity index (χ2n) is 5.10. The smallest absolute Gasteiger partial charge is 0.157 e. The van der Waals surface area contributed by atoms with E-state index in [1.807, 2.05) is 10.6 Å². The number of rotatable bonds is 2. The zero-order valence-corrected chi connectivity index (χ0v) is 10.5. The van der Waals surface area contributed by atoms with Gasteiger partial charge in [0.15, 0.2) is 5.65 Å². The molecule has 0 amide bonds. The van der Waals surface area contributed by atoms with E-state index in [2.05, 4.69) is 28.4 Å². The molecule has 2 N–H and O–H groups in total. The van der Waals surface area contributed by atoms with Crippen molar-refractivity contribution in [3.05, 3.63) is 24.0 Å². The highest BCUT2D eigenvalue weighted by Crippen LogP contribution is 2.23. The Morgan fingerprint density at radius 3 is 2.83 bits per heavy atom. The maximum Gasteiger partial charge on any atom is 0.157 e. The van der Waals surface area contributed by atoms with Gasteiger partial charge in [0.1, 0.15) is 12.1 Å². The molecular formula is C13H18N4O. The lowest BCUT2D eigenvalue weighted by Gasteiger charge is -2.27. The second-order valence-corrected chi connectivity index (χ2v) is 5.10. The van der Waals surface area contributed by atoms with Crippen LogP contribution in [0.2, 0.25) is 0 Å². The SMILES string of the molecule is Cc1cc(NC2CCC(O)CC2)n2ncnc2c1. The molecule has 2 aromatic heterocycles. The Hall–Kier alpha value is -1.62. The van der Waals surface area contributed by atoms with Crippen molar-refractivity contribution >= 4 is 11.5 Å². The molecule has 0 bridgehead atoms. The summed E-state index contributed by atoms with van der Waals surface area (Å²) in [5.74, 6) is 0.990. The van der Waals surface area contributed by atoms with Crippen LogP contribution in [0.4, 0.5) is 5.82 Å². The maximum atomic E-state index is 9.52. The van der Waals surface area contributed by atoms with Crippen molar-refractivity contribution < 1.29 is 5.11 Å². The van der Waals surface area contributed by atoms with Crippen molar-refractivity contribution in [2.24, 2.45) is 0 Å².